The fraction of sp³-hybridized carbons (Fsp3) is 0.500. The summed E-state index contributed by atoms with van der Waals surface area (Å²) >= 11 is 0. The third-order valence-corrected chi connectivity index (χ3v) is 5.82. The normalized spacial score (nSPS) is 27.0. The van der Waals surface area contributed by atoms with Crippen molar-refractivity contribution in [1.29, 1.82) is 0 Å². The van der Waals surface area contributed by atoms with Crippen molar-refractivity contribution < 1.29 is 10.2 Å². The van der Waals surface area contributed by atoms with Crippen molar-refractivity contribution in [3.05, 3.63) is 41.1 Å². The van der Waals surface area contributed by atoms with E-state index in [1.807, 2.05) is 32.0 Å². The Bertz CT molecular complexity index is 815. The number of phenolic OH excluding ortho intramolecular Hbond substituents is 1. The van der Waals surface area contributed by atoms with Gasteiger partial charge in [0, 0.05) is 24.1 Å². The molecule has 3 heterocycles. The average Bonchev–Trinajstić information content (AvgIpc) is 2.53. The molecule has 5 heteroatoms. The van der Waals surface area contributed by atoms with Crippen LogP contribution in [0.4, 0.5) is 0 Å². The Morgan fingerprint density at radius 2 is 1.96 bits per heavy atom. The van der Waals surface area contributed by atoms with E-state index < -0.39 is 6.10 Å². The zero-order chi connectivity index (χ0) is 17.8. The van der Waals surface area contributed by atoms with Gasteiger partial charge in [0.15, 0.2) is 0 Å². The molecule has 1 aromatic heterocycles. The fourth-order valence-electron chi connectivity index (χ4n) is 4.76. The SMILES string of the molecule is Cc1ccc(-c2nnc(C(O)C34CC(CN(C)C3)C4)cc2C)c(O)c1. The third-order valence-electron chi connectivity index (χ3n) is 5.82. The van der Waals surface area contributed by atoms with Crippen LogP contribution in [0.25, 0.3) is 11.3 Å². The van der Waals surface area contributed by atoms with Crippen molar-refractivity contribution in [1.82, 2.24) is 15.1 Å². The molecule has 2 aromatic rings. The van der Waals surface area contributed by atoms with Crippen LogP contribution < -0.4 is 0 Å². The van der Waals surface area contributed by atoms with Gasteiger partial charge in [-0.15, -0.1) is 5.10 Å². The summed E-state index contributed by atoms with van der Waals surface area (Å²) in [6.07, 6.45) is 1.55. The number of aliphatic hydroxyl groups is 1. The molecule has 1 unspecified atom stereocenters. The number of hydrogen-bond donors (Lipinski definition) is 2. The van der Waals surface area contributed by atoms with E-state index in [0.29, 0.717) is 22.9 Å². The minimum Gasteiger partial charge on any atom is -0.507 e. The number of aromatic nitrogens is 2. The number of aromatic hydroxyl groups is 1. The molecule has 2 aliphatic heterocycles. The van der Waals surface area contributed by atoms with E-state index in [0.717, 1.165) is 37.1 Å². The summed E-state index contributed by atoms with van der Waals surface area (Å²) in [5.41, 5.74) is 3.82. The molecule has 3 aliphatic rings. The monoisotopic (exact) mass is 339 g/mol. The maximum absolute atomic E-state index is 11.0. The van der Waals surface area contributed by atoms with Crippen LogP contribution in [-0.4, -0.2) is 45.4 Å². The van der Waals surface area contributed by atoms with Crippen LogP contribution >= 0.6 is 0 Å². The summed E-state index contributed by atoms with van der Waals surface area (Å²) in [6.45, 7) is 5.93. The molecule has 0 spiro atoms. The van der Waals surface area contributed by atoms with E-state index in [-0.39, 0.29) is 11.2 Å². The van der Waals surface area contributed by atoms with E-state index >= 15 is 0 Å². The second-order valence-electron chi connectivity index (χ2n) is 8.06. The lowest BCUT2D eigenvalue weighted by Crippen LogP contribution is -2.57. The second kappa shape index (κ2) is 5.78. The van der Waals surface area contributed by atoms with Gasteiger partial charge in [0.25, 0.3) is 0 Å². The maximum atomic E-state index is 11.0. The maximum Gasteiger partial charge on any atom is 0.125 e. The predicted octanol–water partition coefficient (Wildman–Crippen LogP) is 2.84. The van der Waals surface area contributed by atoms with E-state index in [4.69, 9.17) is 0 Å². The first kappa shape index (κ1) is 16.5. The number of benzene rings is 1. The Balaban J connectivity index is 1.64. The molecule has 2 saturated heterocycles. The Morgan fingerprint density at radius 3 is 2.60 bits per heavy atom. The van der Waals surface area contributed by atoms with Crippen LogP contribution in [0.1, 0.15) is 35.8 Å². The lowest BCUT2D eigenvalue weighted by atomic mass is 9.55. The third kappa shape index (κ3) is 2.71. The molecule has 132 valence electrons. The Morgan fingerprint density at radius 1 is 1.20 bits per heavy atom. The van der Waals surface area contributed by atoms with Gasteiger partial charge in [0.1, 0.15) is 11.9 Å². The van der Waals surface area contributed by atoms with Gasteiger partial charge in [0.05, 0.1) is 11.4 Å². The predicted molar refractivity (Wildman–Crippen MR) is 96.2 cm³/mol. The van der Waals surface area contributed by atoms with E-state index in [9.17, 15) is 10.2 Å². The van der Waals surface area contributed by atoms with Gasteiger partial charge in [0.2, 0.25) is 0 Å². The van der Waals surface area contributed by atoms with E-state index in [1.54, 1.807) is 6.07 Å². The van der Waals surface area contributed by atoms with E-state index in [2.05, 4.69) is 22.1 Å². The molecule has 1 atom stereocenters. The zero-order valence-electron chi connectivity index (χ0n) is 15.0. The second-order valence-corrected chi connectivity index (χ2v) is 8.06. The number of fused-ring (bicyclic) bond motifs is 2. The van der Waals surface area contributed by atoms with Crippen LogP contribution in [-0.2, 0) is 0 Å². The quantitative estimate of drug-likeness (QED) is 0.900. The Hall–Kier alpha value is -1.98. The van der Waals surface area contributed by atoms with Crippen molar-refractivity contribution in [2.45, 2.75) is 32.8 Å². The molecule has 0 radical (unpaired) electrons. The van der Waals surface area contributed by atoms with Crippen molar-refractivity contribution in [2.24, 2.45) is 11.3 Å². The largest absolute Gasteiger partial charge is 0.507 e. The molecular formula is C20H25N3O2. The summed E-state index contributed by atoms with van der Waals surface area (Å²) in [5.74, 6) is 0.909. The minimum atomic E-state index is -0.585. The summed E-state index contributed by atoms with van der Waals surface area (Å²) in [6, 6.07) is 7.46. The zero-order valence-corrected chi connectivity index (χ0v) is 15.0. The summed E-state index contributed by atoms with van der Waals surface area (Å²) < 4.78 is 0. The number of piperidine rings is 2. The van der Waals surface area contributed by atoms with Gasteiger partial charge in [-0.05, 0) is 69.0 Å². The molecule has 2 bridgehead atoms. The Labute approximate surface area is 148 Å². The summed E-state index contributed by atoms with van der Waals surface area (Å²) in [4.78, 5) is 2.31. The lowest BCUT2D eigenvalue weighted by Gasteiger charge is -2.57. The number of hydrogen-bond acceptors (Lipinski definition) is 5. The molecule has 2 N–H and O–H groups in total. The van der Waals surface area contributed by atoms with Crippen LogP contribution in [0.15, 0.2) is 24.3 Å². The number of aryl methyl sites for hydroxylation is 2. The highest BCUT2D eigenvalue weighted by Gasteiger charge is 2.54. The number of nitrogens with zero attached hydrogens (tertiary/aromatic N) is 3. The molecule has 1 aliphatic carbocycles. The fourth-order valence-corrected chi connectivity index (χ4v) is 4.76. The molecule has 25 heavy (non-hydrogen) atoms. The highest BCUT2D eigenvalue weighted by molar-refractivity contribution is 5.69. The summed E-state index contributed by atoms with van der Waals surface area (Å²) in [7, 11) is 2.12. The lowest BCUT2D eigenvalue weighted by molar-refractivity contribution is -0.132. The average molecular weight is 339 g/mol. The first-order chi connectivity index (χ1) is 11.9. The van der Waals surface area contributed by atoms with Crippen LogP contribution in [0.3, 0.4) is 0 Å². The number of phenols is 1. The van der Waals surface area contributed by atoms with Crippen LogP contribution in [0.5, 0.6) is 5.75 Å². The molecule has 1 aromatic carbocycles. The van der Waals surface area contributed by atoms with Crippen molar-refractivity contribution >= 4 is 0 Å². The molecule has 3 fully saturated rings. The highest BCUT2D eigenvalue weighted by atomic mass is 16.3. The van der Waals surface area contributed by atoms with Gasteiger partial charge in [-0.25, -0.2) is 0 Å². The van der Waals surface area contributed by atoms with Gasteiger partial charge in [-0.3, -0.25) is 0 Å². The topological polar surface area (TPSA) is 69.5 Å². The van der Waals surface area contributed by atoms with Crippen molar-refractivity contribution in [3.63, 3.8) is 0 Å². The molecule has 5 rings (SSSR count). The van der Waals surface area contributed by atoms with Gasteiger partial charge < -0.3 is 15.1 Å². The summed E-state index contributed by atoms with van der Waals surface area (Å²) in [5, 5.41) is 29.8. The number of rotatable bonds is 3. The Kier molecular flexibility index (Phi) is 3.81. The first-order valence-corrected chi connectivity index (χ1v) is 8.89. The van der Waals surface area contributed by atoms with Gasteiger partial charge in [-0.1, -0.05) is 6.07 Å². The van der Waals surface area contributed by atoms with Crippen LogP contribution in [0, 0.1) is 25.2 Å². The van der Waals surface area contributed by atoms with Crippen molar-refractivity contribution in [2.75, 3.05) is 20.1 Å². The van der Waals surface area contributed by atoms with Crippen LogP contribution in [0.2, 0.25) is 0 Å². The highest BCUT2D eigenvalue weighted by Crippen LogP contribution is 2.56. The molecule has 5 nitrogen and oxygen atoms in total. The van der Waals surface area contributed by atoms with Crippen molar-refractivity contribution in [3.8, 4) is 17.0 Å². The standard InChI is InChI=1S/C20H25N3O2/c1-12-4-5-15(17(24)6-12)18-13(2)7-16(21-22-18)19(25)20-8-14(9-20)10-23(3)11-20/h4-7,14,19,24-25H,8-11H2,1-3H3. The van der Waals surface area contributed by atoms with Gasteiger partial charge in [-0.2, -0.15) is 5.10 Å². The first-order valence-electron chi connectivity index (χ1n) is 8.89. The minimum absolute atomic E-state index is 0.0771. The molecule has 1 saturated carbocycles. The van der Waals surface area contributed by atoms with E-state index in [1.165, 1.54) is 0 Å². The number of aliphatic hydroxyl groups excluding tert-OH is 1. The van der Waals surface area contributed by atoms with Gasteiger partial charge >= 0.3 is 0 Å². The smallest absolute Gasteiger partial charge is 0.125 e. The molecule has 0 amide bonds. The molecular weight excluding hydrogens is 314 g/mol.